The maximum atomic E-state index is 13.3. The predicted molar refractivity (Wildman–Crippen MR) is 109 cm³/mol. The molecule has 1 aromatic heterocycles. The van der Waals surface area contributed by atoms with Crippen molar-refractivity contribution in [1.29, 1.82) is 0 Å². The van der Waals surface area contributed by atoms with Gasteiger partial charge in [-0.25, -0.2) is 4.39 Å². The van der Waals surface area contributed by atoms with Gasteiger partial charge in [0.1, 0.15) is 11.5 Å². The summed E-state index contributed by atoms with van der Waals surface area (Å²) in [5.41, 5.74) is 3.24. The van der Waals surface area contributed by atoms with Gasteiger partial charge < -0.3 is 10.3 Å². The molecule has 144 valence electrons. The first kappa shape index (κ1) is 17.4. The fourth-order valence-electron chi connectivity index (χ4n) is 4.34. The lowest BCUT2D eigenvalue weighted by atomic mass is 9.90. The normalized spacial score (nSPS) is 20.4. The molecule has 1 atom stereocenters. The second-order valence-corrected chi connectivity index (χ2v) is 8.06. The minimum atomic E-state index is -0.369. The highest BCUT2D eigenvalue weighted by Gasteiger charge is 2.32. The number of carbonyl (C=O) groups excluding carboxylic acids is 1. The van der Waals surface area contributed by atoms with Crippen LogP contribution in [0.4, 0.5) is 10.1 Å². The molecule has 3 aromatic rings. The van der Waals surface area contributed by atoms with E-state index in [0.717, 1.165) is 23.5 Å². The summed E-state index contributed by atoms with van der Waals surface area (Å²) in [5, 5.41) is 3.79. The number of nitrogens with zero attached hydrogens (tertiary/aromatic N) is 1. The molecule has 1 aliphatic carbocycles. The molecule has 2 heterocycles. The number of aromatic amines is 1. The van der Waals surface area contributed by atoms with Crippen molar-refractivity contribution in [3.05, 3.63) is 65.6 Å². The molecule has 2 fully saturated rings. The van der Waals surface area contributed by atoms with E-state index in [-0.39, 0.29) is 11.7 Å². The van der Waals surface area contributed by atoms with E-state index in [1.165, 1.54) is 49.9 Å². The highest BCUT2D eigenvalue weighted by Crippen LogP contribution is 2.35. The van der Waals surface area contributed by atoms with Crippen molar-refractivity contribution in [1.82, 2.24) is 9.88 Å². The van der Waals surface area contributed by atoms with Gasteiger partial charge in [-0.05, 0) is 80.1 Å². The van der Waals surface area contributed by atoms with Gasteiger partial charge in [0.25, 0.3) is 5.91 Å². The molecular weight excluding hydrogens is 353 g/mol. The Labute approximate surface area is 163 Å². The predicted octanol–water partition coefficient (Wildman–Crippen LogP) is 4.90. The molecule has 0 spiro atoms. The highest BCUT2D eigenvalue weighted by atomic mass is 19.1. The molecule has 1 aliphatic heterocycles. The van der Waals surface area contributed by atoms with E-state index < -0.39 is 0 Å². The zero-order chi connectivity index (χ0) is 19.1. The molecule has 5 heteroatoms. The first-order valence-electron chi connectivity index (χ1n) is 10.1. The third kappa shape index (κ3) is 3.54. The zero-order valence-corrected chi connectivity index (χ0v) is 15.7. The van der Waals surface area contributed by atoms with Crippen molar-refractivity contribution in [2.45, 2.75) is 37.6 Å². The van der Waals surface area contributed by atoms with Crippen LogP contribution in [0, 0.1) is 5.82 Å². The van der Waals surface area contributed by atoms with Crippen LogP contribution in [0.2, 0.25) is 0 Å². The molecule has 4 nitrogen and oxygen atoms in total. The van der Waals surface area contributed by atoms with Crippen LogP contribution in [-0.4, -0.2) is 34.9 Å². The van der Waals surface area contributed by atoms with E-state index >= 15 is 0 Å². The van der Waals surface area contributed by atoms with Gasteiger partial charge >= 0.3 is 0 Å². The Morgan fingerprint density at radius 2 is 2.00 bits per heavy atom. The van der Waals surface area contributed by atoms with Crippen LogP contribution in [0.15, 0.2) is 48.5 Å². The number of fused-ring (bicyclic) bond motifs is 1. The number of likely N-dealkylation sites (tertiary alicyclic amines) is 1. The van der Waals surface area contributed by atoms with Crippen molar-refractivity contribution < 1.29 is 9.18 Å². The Morgan fingerprint density at radius 3 is 2.82 bits per heavy atom. The molecule has 0 bridgehead atoms. The summed E-state index contributed by atoms with van der Waals surface area (Å²) in [7, 11) is 0. The van der Waals surface area contributed by atoms with Crippen LogP contribution in [0.3, 0.4) is 0 Å². The summed E-state index contributed by atoms with van der Waals surface area (Å²) in [5.74, 6) is -0.0639. The first-order valence-corrected chi connectivity index (χ1v) is 10.1. The minimum Gasteiger partial charge on any atom is -0.351 e. The third-order valence-electron chi connectivity index (χ3n) is 5.96. The largest absolute Gasteiger partial charge is 0.351 e. The molecular formula is C23H24FN3O. The molecule has 28 heavy (non-hydrogen) atoms. The second kappa shape index (κ2) is 7.06. The fourth-order valence-corrected chi connectivity index (χ4v) is 4.34. The zero-order valence-electron chi connectivity index (χ0n) is 15.7. The van der Waals surface area contributed by atoms with Gasteiger partial charge in [-0.15, -0.1) is 0 Å². The van der Waals surface area contributed by atoms with E-state index in [9.17, 15) is 9.18 Å². The first-order chi connectivity index (χ1) is 13.7. The molecule has 0 radical (unpaired) electrons. The van der Waals surface area contributed by atoms with E-state index in [2.05, 4.69) is 33.4 Å². The molecule has 2 N–H and O–H groups in total. The Hall–Kier alpha value is -2.66. The number of benzene rings is 2. The summed E-state index contributed by atoms with van der Waals surface area (Å²) in [4.78, 5) is 18.4. The maximum Gasteiger partial charge on any atom is 0.272 e. The van der Waals surface area contributed by atoms with Crippen LogP contribution in [-0.2, 0) is 0 Å². The number of H-pyrrole nitrogens is 1. The highest BCUT2D eigenvalue weighted by molar-refractivity contribution is 6.06. The molecule has 1 saturated heterocycles. The SMILES string of the molecule is O=C(Nc1cccc(F)c1)c1cc2cc(C3CCCN(C4CC4)C3)ccc2[nH]1. The number of aromatic nitrogens is 1. The number of anilines is 1. The van der Waals surface area contributed by atoms with Gasteiger partial charge in [-0.3, -0.25) is 9.69 Å². The van der Waals surface area contributed by atoms with Gasteiger partial charge in [-0.1, -0.05) is 12.1 Å². The number of halogens is 1. The number of rotatable bonds is 4. The average molecular weight is 377 g/mol. The Bertz CT molecular complexity index is 1020. The number of amides is 1. The quantitative estimate of drug-likeness (QED) is 0.679. The molecule has 1 unspecified atom stereocenters. The summed E-state index contributed by atoms with van der Waals surface area (Å²) in [6.45, 7) is 2.38. The number of hydrogen-bond acceptors (Lipinski definition) is 2. The van der Waals surface area contributed by atoms with E-state index in [1.807, 2.05) is 6.07 Å². The maximum absolute atomic E-state index is 13.3. The molecule has 2 aliphatic rings. The summed E-state index contributed by atoms with van der Waals surface area (Å²) in [6.07, 6.45) is 5.19. The monoisotopic (exact) mass is 377 g/mol. The van der Waals surface area contributed by atoms with E-state index in [4.69, 9.17) is 0 Å². The fraction of sp³-hybridized carbons (Fsp3) is 0.348. The van der Waals surface area contributed by atoms with Crippen LogP contribution in [0.1, 0.15) is 47.7 Å². The van der Waals surface area contributed by atoms with Crippen LogP contribution >= 0.6 is 0 Å². The van der Waals surface area contributed by atoms with Crippen molar-refractivity contribution in [2.24, 2.45) is 0 Å². The van der Waals surface area contributed by atoms with Crippen LogP contribution in [0.25, 0.3) is 10.9 Å². The van der Waals surface area contributed by atoms with Gasteiger partial charge in [0.05, 0.1) is 0 Å². The van der Waals surface area contributed by atoms with Gasteiger partial charge in [0.15, 0.2) is 0 Å². The van der Waals surface area contributed by atoms with Gasteiger partial charge in [0, 0.05) is 29.2 Å². The standard InChI is InChI=1S/C23H24FN3O/c24-18-4-1-5-19(13-18)25-23(28)22-12-17-11-15(6-9-21(17)26-22)16-3-2-10-27(14-16)20-7-8-20/h1,4-6,9,11-13,16,20,26H,2-3,7-8,10,14H2,(H,25,28). The number of piperidine rings is 1. The third-order valence-corrected chi connectivity index (χ3v) is 5.96. The van der Waals surface area contributed by atoms with Crippen molar-refractivity contribution >= 4 is 22.5 Å². The smallest absolute Gasteiger partial charge is 0.272 e. The van der Waals surface area contributed by atoms with E-state index in [0.29, 0.717) is 17.3 Å². The summed E-state index contributed by atoms with van der Waals surface area (Å²) in [6, 6.07) is 15.1. The van der Waals surface area contributed by atoms with E-state index in [1.54, 1.807) is 12.1 Å². The van der Waals surface area contributed by atoms with Crippen LogP contribution in [0.5, 0.6) is 0 Å². The molecule has 2 aromatic carbocycles. The Kier molecular flexibility index (Phi) is 4.40. The average Bonchev–Trinajstić information content (AvgIpc) is 3.46. The summed E-state index contributed by atoms with van der Waals surface area (Å²) >= 11 is 0. The Morgan fingerprint density at radius 1 is 1.11 bits per heavy atom. The lowest BCUT2D eigenvalue weighted by molar-refractivity contribution is 0.102. The summed E-state index contributed by atoms with van der Waals surface area (Å²) < 4.78 is 13.3. The minimum absolute atomic E-state index is 0.263. The number of nitrogens with one attached hydrogen (secondary N) is 2. The molecule has 1 amide bonds. The lowest BCUT2D eigenvalue weighted by Gasteiger charge is -2.33. The Balaban J connectivity index is 1.35. The molecule has 5 rings (SSSR count). The topological polar surface area (TPSA) is 48.1 Å². The lowest BCUT2D eigenvalue weighted by Crippen LogP contribution is -2.35. The molecule has 1 saturated carbocycles. The number of carbonyl (C=O) groups is 1. The number of hydrogen-bond donors (Lipinski definition) is 2. The van der Waals surface area contributed by atoms with Gasteiger partial charge in [0.2, 0.25) is 0 Å². The van der Waals surface area contributed by atoms with Crippen molar-refractivity contribution in [3.8, 4) is 0 Å². The van der Waals surface area contributed by atoms with Gasteiger partial charge in [-0.2, -0.15) is 0 Å². The van der Waals surface area contributed by atoms with Crippen LogP contribution < -0.4 is 5.32 Å². The van der Waals surface area contributed by atoms with Crippen molar-refractivity contribution in [2.75, 3.05) is 18.4 Å². The second-order valence-electron chi connectivity index (χ2n) is 8.06. The van der Waals surface area contributed by atoms with Crippen molar-refractivity contribution in [3.63, 3.8) is 0 Å².